The predicted octanol–water partition coefficient (Wildman–Crippen LogP) is 2.23. The first-order valence-electron chi connectivity index (χ1n) is 7.41. The van der Waals surface area contributed by atoms with E-state index in [1.165, 1.54) is 17.4 Å². The van der Waals surface area contributed by atoms with Gasteiger partial charge in [0.15, 0.2) is 5.12 Å². The molecule has 5 nitrogen and oxygen atoms in total. The summed E-state index contributed by atoms with van der Waals surface area (Å²) >= 11 is 3.29. The predicted molar refractivity (Wildman–Crippen MR) is 94.9 cm³/mol. The minimum absolute atomic E-state index is 0.0703. The van der Waals surface area contributed by atoms with Crippen molar-refractivity contribution >= 4 is 29.0 Å². The lowest BCUT2D eigenvalue weighted by molar-refractivity contribution is -0.120. The van der Waals surface area contributed by atoms with Crippen LogP contribution in [0, 0.1) is 0 Å². The fourth-order valence-corrected chi connectivity index (χ4v) is 4.86. The van der Waals surface area contributed by atoms with E-state index in [2.05, 4.69) is 40.0 Å². The molecule has 2 atom stereocenters. The number of aromatic nitrogens is 1. The largest absolute Gasteiger partial charge is 0.317 e. The van der Waals surface area contributed by atoms with E-state index in [1.54, 1.807) is 23.1 Å². The molecule has 23 heavy (non-hydrogen) atoms. The van der Waals surface area contributed by atoms with Gasteiger partial charge >= 0.3 is 0 Å². The van der Waals surface area contributed by atoms with Crippen LogP contribution in [0.15, 0.2) is 42.0 Å². The molecule has 122 valence electrons. The molecule has 1 aliphatic heterocycles. The number of carbonyl (C=O) groups is 1. The van der Waals surface area contributed by atoms with Gasteiger partial charge in [-0.3, -0.25) is 20.4 Å². The van der Waals surface area contributed by atoms with Gasteiger partial charge in [-0.25, -0.2) is 0 Å². The molecule has 0 saturated carbocycles. The lowest BCUT2D eigenvalue weighted by Gasteiger charge is -2.34. The van der Waals surface area contributed by atoms with Crippen LogP contribution in [-0.2, 0) is 16.9 Å². The summed E-state index contributed by atoms with van der Waals surface area (Å²) in [7, 11) is 0. The molecule has 1 aromatic heterocycles. The van der Waals surface area contributed by atoms with Crippen molar-refractivity contribution in [2.75, 3.05) is 5.75 Å². The molecule has 3 N–H and O–H groups in total. The average molecular weight is 348 g/mol. The second kappa shape index (κ2) is 6.60. The molecule has 3 rings (SSSR count). The number of thioether (sulfide) groups is 1. The molecule has 0 spiro atoms. The summed E-state index contributed by atoms with van der Waals surface area (Å²) in [4.78, 5) is 17.0. The van der Waals surface area contributed by atoms with Gasteiger partial charge in [-0.05, 0) is 12.5 Å². The average Bonchev–Trinajstić information content (AvgIpc) is 3.16. The van der Waals surface area contributed by atoms with Crippen molar-refractivity contribution < 1.29 is 4.79 Å². The number of hydrogen-bond acceptors (Lipinski definition) is 6. The van der Waals surface area contributed by atoms with Crippen LogP contribution in [0.3, 0.4) is 0 Å². The lowest BCUT2D eigenvalue weighted by Crippen LogP contribution is -2.65. The highest BCUT2D eigenvalue weighted by molar-refractivity contribution is 8.00. The van der Waals surface area contributed by atoms with E-state index in [-0.39, 0.29) is 11.4 Å². The molecule has 1 amide bonds. The summed E-state index contributed by atoms with van der Waals surface area (Å²) in [5.41, 5.74) is 2.78. The number of nitrogens with zero attached hydrogens (tertiary/aromatic N) is 1. The van der Waals surface area contributed by atoms with Gasteiger partial charge in [0.25, 0.3) is 0 Å². The van der Waals surface area contributed by atoms with E-state index in [4.69, 9.17) is 0 Å². The molecule has 2 heterocycles. The molecule has 1 saturated heterocycles. The first kappa shape index (κ1) is 16.4. The van der Waals surface area contributed by atoms with Crippen LogP contribution in [0.1, 0.15) is 24.3 Å². The first-order valence-corrected chi connectivity index (χ1v) is 9.28. The van der Waals surface area contributed by atoms with Crippen LogP contribution in [0.4, 0.5) is 0 Å². The Morgan fingerprint density at radius 1 is 1.39 bits per heavy atom. The van der Waals surface area contributed by atoms with Gasteiger partial charge in [0.2, 0.25) is 5.91 Å². The third-order valence-electron chi connectivity index (χ3n) is 3.74. The van der Waals surface area contributed by atoms with E-state index in [0.29, 0.717) is 6.54 Å². The molecule has 0 aliphatic carbocycles. The van der Waals surface area contributed by atoms with Crippen molar-refractivity contribution in [2.24, 2.45) is 0 Å². The summed E-state index contributed by atoms with van der Waals surface area (Å²) in [6.45, 7) is 4.34. The normalized spacial score (nSPS) is 27.0. The highest BCUT2D eigenvalue weighted by Crippen LogP contribution is 2.39. The summed E-state index contributed by atoms with van der Waals surface area (Å²) in [5.74, 6) is 0.774. The van der Waals surface area contributed by atoms with Crippen molar-refractivity contribution in [3.8, 4) is 0 Å². The second-order valence-corrected chi connectivity index (χ2v) is 7.89. The van der Waals surface area contributed by atoms with Gasteiger partial charge in [-0.1, -0.05) is 42.1 Å². The Kier molecular flexibility index (Phi) is 4.72. The zero-order valence-corrected chi connectivity index (χ0v) is 14.8. The Hall–Kier alpha value is -1.41. The molecule has 1 fully saturated rings. The van der Waals surface area contributed by atoms with Crippen LogP contribution >= 0.6 is 23.1 Å². The third-order valence-corrected chi connectivity index (χ3v) is 6.28. The first-order chi connectivity index (χ1) is 11.0. The van der Waals surface area contributed by atoms with Crippen molar-refractivity contribution in [1.29, 1.82) is 0 Å². The summed E-state index contributed by atoms with van der Waals surface area (Å²) in [5, 5.41) is 9.39. The van der Waals surface area contributed by atoms with Crippen molar-refractivity contribution in [2.45, 2.75) is 31.0 Å². The van der Waals surface area contributed by atoms with Gasteiger partial charge in [-0.2, -0.15) is 0 Å². The fraction of sp³-hybridized carbons (Fsp3) is 0.375. The maximum atomic E-state index is 11.7. The topological polar surface area (TPSA) is 66.1 Å². The number of amides is 1. The van der Waals surface area contributed by atoms with Gasteiger partial charge in [0, 0.05) is 30.3 Å². The van der Waals surface area contributed by atoms with Crippen molar-refractivity contribution in [3.05, 3.63) is 52.5 Å². The second-order valence-electron chi connectivity index (χ2n) is 5.81. The maximum absolute atomic E-state index is 11.7. The van der Waals surface area contributed by atoms with E-state index >= 15 is 0 Å². The van der Waals surface area contributed by atoms with Crippen LogP contribution < -0.4 is 16.0 Å². The highest BCUT2D eigenvalue weighted by Gasteiger charge is 2.47. The molecule has 2 aromatic rings. The summed E-state index contributed by atoms with van der Waals surface area (Å²) < 4.78 is 0. The van der Waals surface area contributed by atoms with E-state index in [9.17, 15) is 4.79 Å². The number of benzene rings is 1. The highest BCUT2D eigenvalue weighted by atomic mass is 32.2. The summed E-state index contributed by atoms with van der Waals surface area (Å²) in [6, 6.07) is 10.2. The SMILES string of the molecule is CC(=O)NC1(NCc2ccccc2)NC(C)(c2cncs2)CS1. The third kappa shape index (κ3) is 3.74. The zero-order chi connectivity index (χ0) is 16.3. The van der Waals surface area contributed by atoms with Crippen molar-refractivity contribution in [3.63, 3.8) is 0 Å². The Balaban J connectivity index is 1.77. The maximum Gasteiger partial charge on any atom is 0.219 e. The molecule has 1 aliphatic rings. The molecular weight excluding hydrogens is 328 g/mol. The quantitative estimate of drug-likeness (QED) is 0.723. The lowest BCUT2D eigenvalue weighted by atomic mass is 10.0. The zero-order valence-electron chi connectivity index (χ0n) is 13.1. The van der Waals surface area contributed by atoms with E-state index in [1.807, 2.05) is 29.9 Å². The minimum atomic E-state index is -0.680. The number of rotatable bonds is 5. The number of thiazole rings is 1. The Labute approximate surface area is 144 Å². The van der Waals surface area contributed by atoms with Gasteiger partial charge in [-0.15, -0.1) is 11.3 Å². The smallest absolute Gasteiger partial charge is 0.219 e. The Bertz CT molecular complexity index is 664. The fourth-order valence-electron chi connectivity index (χ4n) is 2.61. The monoisotopic (exact) mass is 348 g/mol. The molecule has 0 bridgehead atoms. The van der Waals surface area contributed by atoms with E-state index in [0.717, 1.165) is 5.75 Å². The van der Waals surface area contributed by atoms with E-state index < -0.39 is 5.12 Å². The standard InChI is InChI=1S/C16H20N4OS2/c1-12(21)19-16(18-8-13-6-4-3-5-7-13)20-15(2,10-23-16)14-9-17-11-22-14/h3-7,9,11,18,20H,8,10H2,1-2H3,(H,19,21). The Morgan fingerprint density at radius 3 is 2.83 bits per heavy atom. The number of nitrogens with one attached hydrogen (secondary N) is 3. The van der Waals surface area contributed by atoms with Crippen LogP contribution in [0.25, 0.3) is 0 Å². The van der Waals surface area contributed by atoms with Gasteiger partial charge in [0.1, 0.15) is 0 Å². The Morgan fingerprint density at radius 2 is 2.17 bits per heavy atom. The summed E-state index contributed by atoms with van der Waals surface area (Å²) in [6.07, 6.45) is 1.89. The molecule has 2 unspecified atom stereocenters. The molecule has 7 heteroatoms. The van der Waals surface area contributed by atoms with Gasteiger partial charge < -0.3 is 5.32 Å². The van der Waals surface area contributed by atoms with Crippen LogP contribution in [-0.4, -0.2) is 21.8 Å². The van der Waals surface area contributed by atoms with Crippen molar-refractivity contribution in [1.82, 2.24) is 20.9 Å². The van der Waals surface area contributed by atoms with Crippen LogP contribution in [0.5, 0.6) is 0 Å². The molecule has 1 aromatic carbocycles. The van der Waals surface area contributed by atoms with Crippen LogP contribution in [0.2, 0.25) is 0 Å². The minimum Gasteiger partial charge on any atom is -0.317 e. The molecule has 0 radical (unpaired) electrons. The van der Waals surface area contributed by atoms with Gasteiger partial charge in [0.05, 0.1) is 11.0 Å². The number of hydrogen-bond donors (Lipinski definition) is 3. The number of carbonyl (C=O) groups excluding carboxylic acids is 1. The molecular formula is C16H20N4OS2.